The third-order valence-corrected chi connectivity index (χ3v) is 6.54. The molecule has 1 saturated heterocycles. The molecular formula is C27H26FN3O3. The minimum absolute atomic E-state index is 0.0203. The largest absolute Gasteiger partial charge is 0.497 e. The Kier molecular flexibility index (Phi) is 5.89. The number of nitrogens with zero attached hydrogens (tertiary/aromatic N) is 3. The van der Waals surface area contributed by atoms with Gasteiger partial charge < -0.3 is 14.0 Å². The lowest BCUT2D eigenvalue weighted by Crippen LogP contribution is -2.46. The molecule has 6 nitrogen and oxygen atoms in total. The van der Waals surface area contributed by atoms with E-state index < -0.39 is 5.82 Å². The lowest BCUT2D eigenvalue weighted by Gasteiger charge is -2.31. The molecule has 34 heavy (non-hydrogen) atoms. The summed E-state index contributed by atoms with van der Waals surface area (Å²) in [6.45, 7) is 3.81. The van der Waals surface area contributed by atoms with E-state index in [2.05, 4.69) is 16.8 Å². The summed E-state index contributed by atoms with van der Waals surface area (Å²) in [7, 11) is 3.68. The number of benzene rings is 2. The van der Waals surface area contributed by atoms with Crippen molar-refractivity contribution in [3.63, 3.8) is 0 Å². The first-order valence-corrected chi connectivity index (χ1v) is 11.3. The normalized spacial score (nSPS) is 15.1. The first-order valence-electron chi connectivity index (χ1n) is 11.3. The van der Waals surface area contributed by atoms with Crippen LogP contribution in [0.2, 0.25) is 0 Å². The Morgan fingerprint density at radius 2 is 1.62 bits per heavy atom. The first-order chi connectivity index (χ1) is 16.4. The van der Waals surface area contributed by atoms with E-state index in [1.807, 2.05) is 34.7 Å². The van der Waals surface area contributed by atoms with Crippen molar-refractivity contribution in [1.29, 1.82) is 0 Å². The highest BCUT2D eigenvalue weighted by Gasteiger charge is 2.24. The van der Waals surface area contributed by atoms with Gasteiger partial charge in [-0.15, -0.1) is 0 Å². The van der Waals surface area contributed by atoms with E-state index in [0.29, 0.717) is 34.6 Å². The minimum Gasteiger partial charge on any atom is -0.497 e. The van der Waals surface area contributed by atoms with Crippen LogP contribution in [0.25, 0.3) is 16.4 Å². The maximum absolute atomic E-state index is 13.5. The van der Waals surface area contributed by atoms with Gasteiger partial charge in [-0.2, -0.15) is 0 Å². The van der Waals surface area contributed by atoms with Crippen LogP contribution in [0.15, 0.2) is 60.7 Å². The molecule has 2 aromatic heterocycles. The molecule has 0 atom stereocenters. The molecule has 0 unspecified atom stereocenters. The summed E-state index contributed by atoms with van der Waals surface area (Å²) in [6.07, 6.45) is 0. The Bertz CT molecular complexity index is 1390. The number of pyridine rings is 1. The van der Waals surface area contributed by atoms with Crippen molar-refractivity contribution in [1.82, 2.24) is 14.2 Å². The van der Waals surface area contributed by atoms with Crippen LogP contribution >= 0.6 is 0 Å². The molecule has 0 aliphatic carbocycles. The summed E-state index contributed by atoms with van der Waals surface area (Å²) in [5.41, 5.74) is 2.73. The van der Waals surface area contributed by atoms with Crippen molar-refractivity contribution in [2.24, 2.45) is 0 Å². The molecule has 0 spiro atoms. The summed E-state index contributed by atoms with van der Waals surface area (Å²) in [5, 5.41) is 0.883. The van der Waals surface area contributed by atoms with E-state index in [-0.39, 0.29) is 11.6 Å². The van der Waals surface area contributed by atoms with Gasteiger partial charge in [0.25, 0.3) is 0 Å². The molecule has 1 fully saturated rings. The Balaban J connectivity index is 1.63. The number of carbonyl (C=O) groups excluding carboxylic acids is 2. The summed E-state index contributed by atoms with van der Waals surface area (Å²) < 4.78 is 20.6. The fourth-order valence-electron chi connectivity index (χ4n) is 4.55. The number of carbonyl (C=O) groups is 2. The maximum atomic E-state index is 13.5. The number of methoxy groups -OCH3 is 1. The number of fused-ring (bicyclic) bond motifs is 3. The zero-order chi connectivity index (χ0) is 23.8. The Morgan fingerprint density at radius 1 is 0.912 bits per heavy atom. The lowest BCUT2D eigenvalue weighted by molar-refractivity contribution is 0.0878. The Labute approximate surface area is 197 Å². The number of hydrogen-bond acceptors (Lipinski definition) is 5. The average molecular weight is 460 g/mol. The number of halogens is 1. The van der Waals surface area contributed by atoms with E-state index >= 15 is 0 Å². The molecule has 0 amide bonds. The van der Waals surface area contributed by atoms with E-state index in [1.165, 1.54) is 24.3 Å². The van der Waals surface area contributed by atoms with Crippen LogP contribution in [-0.2, 0) is 0 Å². The van der Waals surface area contributed by atoms with E-state index in [1.54, 1.807) is 13.2 Å². The van der Waals surface area contributed by atoms with E-state index in [4.69, 9.17) is 4.74 Å². The number of Topliss-reactive ketones (excluding diaryl/α,β-unsaturated/α-hetero) is 1. The minimum atomic E-state index is -0.405. The Hall–Kier alpha value is -3.55. The second-order valence-electron chi connectivity index (χ2n) is 8.76. The van der Waals surface area contributed by atoms with E-state index in [9.17, 15) is 14.0 Å². The lowest BCUT2D eigenvalue weighted by atomic mass is 10.1. The molecule has 5 rings (SSSR count). The predicted octanol–water partition coefficient (Wildman–Crippen LogP) is 3.90. The third kappa shape index (κ3) is 4.08. The van der Waals surface area contributed by atoms with Crippen molar-refractivity contribution in [3.8, 4) is 5.75 Å². The first kappa shape index (κ1) is 22.3. The standard InChI is InChI=1S/C27H26FN3O3/c1-29-11-13-30(14-12-29)17-26(32)22-16-25(27(33)18-3-6-20(28)7-4-18)31-23-10-8-21(34-2)15-19(23)5-9-24(22)31/h3-10,15-16H,11-14,17H2,1-2H3. The summed E-state index contributed by atoms with van der Waals surface area (Å²) in [4.78, 5) is 31.3. The molecule has 0 bridgehead atoms. The van der Waals surface area contributed by atoms with Crippen LogP contribution in [-0.4, -0.2) is 72.6 Å². The van der Waals surface area contributed by atoms with Gasteiger partial charge in [-0.05, 0) is 61.6 Å². The van der Waals surface area contributed by atoms with Crippen LogP contribution in [0.1, 0.15) is 26.4 Å². The van der Waals surface area contributed by atoms with Gasteiger partial charge in [-0.1, -0.05) is 6.07 Å². The molecule has 174 valence electrons. The summed E-state index contributed by atoms with van der Waals surface area (Å²) in [5.74, 6) is 0.0129. The topological polar surface area (TPSA) is 54.3 Å². The molecule has 0 saturated carbocycles. The van der Waals surface area contributed by atoms with Crippen LogP contribution < -0.4 is 4.74 Å². The molecule has 1 aliphatic heterocycles. The molecule has 1 aliphatic rings. The fourth-order valence-corrected chi connectivity index (χ4v) is 4.55. The zero-order valence-corrected chi connectivity index (χ0v) is 19.3. The summed E-state index contributed by atoms with van der Waals surface area (Å²) >= 11 is 0. The van der Waals surface area contributed by atoms with Gasteiger partial charge in [0.1, 0.15) is 11.6 Å². The van der Waals surface area contributed by atoms with Gasteiger partial charge in [0.2, 0.25) is 5.78 Å². The third-order valence-electron chi connectivity index (χ3n) is 6.54. The number of hydrogen-bond donors (Lipinski definition) is 0. The second kappa shape index (κ2) is 9.00. The molecular weight excluding hydrogens is 433 g/mol. The number of ketones is 2. The SMILES string of the molecule is COc1ccc2c(ccc3c(C(=O)CN4CCN(C)CC4)cc(C(=O)c4ccc(F)cc4)n32)c1. The van der Waals surface area contributed by atoms with Gasteiger partial charge in [-0.3, -0.25) is 14.5 Å². The van der Waals surface area contributed by atoms with E-state index in [0.717, 1.165) is 37.1 Å². The van der Waals surface area contributed by atoms with Gasteiger partial charge in [0, 0.05) is 42.7 Å². The highest BCUT2D eigenvalue weighted by atomic mass is 19.1. The van der Waals surface area contributed by atoms with Crippen LogP contribution in [0, 0.1) is 5.82 Å². The number of piperazine rings is 1. The average Bonchev–Trinajstić information content (AvgIpc) is 3.25. The molecule has 4 aromatic rings. The highest BCUT2D eigenvalue weighted by molar-refractivity contribution is 6.14. The summed E-state index contributed by atoms with van der Waals surface area (Å²) in [6, 6.07) is 16.6. The van der Waals surface area contributed by atoms with Crippen molar-refractivity contribution in [2.45, 2.75) is 0 Å². The van der Waals surface area contributed by atoms with Crippen molar-refractivity contribution in [2.75, 3.05) is 46.9 Å². The second-order valence-corrected chi connectivity index (χ2v) is 8.76. The molecule has 3 heterocycles. The van der Waals surface area contributed by atoms with Crippen molar-refractivity contribution in [3.05, 3.63) is 83.3 Å². The monoisotopic (exact) mass is 459 g/mol. The van der Waals surface area contributed by atoms with Crippen LogP contribution in [0.5, 0.6) is 5.75 Å². The smallest absolute Gasteiger partial charge is 0.209 e. The molecule has 7 heteroatoms. The van der Waals surface area contributed by atoms with Gasteiger partial charge in [-0.25, -0.2) is 4.39 Å². The van der Waals surface area contributed by atoms with Gasteiger partial charge >= 0.3 is 0 Å². The number of aromatic nitrogens is 1. The number of ether oxygens (including phenoxy) is 1. The van der Waals surface area contributed by atoms with Crippen molar-refractivity contribution < 1.29 is 18.7 Å². The quantitative estimate of drug-likeness (QED) is 0.410. The number of rotatable bonds is 6. The fraction of sp³-hybridized carbons (Fsp3) is 0.259. The van der Waals surface area contributed by atoms with Gasteiger partial charge in [0.15, 0.2) is 5.78 Å². The Morgan fingerprint density at radius 3 is 2.32 bits per heavy atom. The maximum Gasteiger partial charge on any atom is 0.209 e. The zero-order valence-electron chi connectivity index (χ0n) is 19.3. The molecule has 0 N–H and O–H groups in total. The molecule has 2 aromatic carbocycles. The predicted molar refractivity (Wildman–Crippen MR) is 130 cm³/mol. The number of likely N-dealkylation sites (N-methyl/N-ethyl adjacent to an activating group) is 1. The van der Waals surface area contributed by atoms with Crippen molar-refractivity contribution >= 4 is 28.0 Å². The van der Waals surface area contributed by atoms with Gasteiger partial charge in [0.05, 0.1) is 30.4 Å². The highest BCUT2D eigenvalue weighted by Crippen LogP contribution is 2.28. The molecule has 0 radical (unpaired) electrons. The van der Waals surface area contributed by atoms with Crippen LogP contribution in [0.4, 0.5) is 4.39 Å². The van der Waals surface area contributed by atoms with Crippen LogP contribution in [0.3, 0.4) is 0 Å².